The van der Waals surface area contributed by atoms with Crippen molar-refractivity contribution in [3.8, 4) is 0 Å². The van der Waals surface area contributed by atoms with Crippen LogP contribution in [-0.4, -0.2) is 47.4 Å². The fourth-order valence-electron chi connectivity index (χ4n) is 7.39. The number of ether oxygens (including phenoxy) is 1. The molecule has 0 aromatic carbocycles. The van der Waals surface area contributed by atoms with E-state index in [0.717, 1.165) is 83.5 Å². The van der Waals surface area contributed by atoms with Gasteiger partial charge in [-0.1, -0.05) is 192 Å². The Morgan fingerprint density at radius 3 is 1.29 bits per heavy atom. The molecule has 0 aliphatic heterocycles. The number of carbonyl (C=O) groups is 2. The standard InChI is InChI=1S/C50H95NO5/c1-3-5-7-9-11-13-15-17-18-20-22-26-30-34-38-42-48(53)47(46-52)51-49(54)43-39-35-31-27-23-21-25-29-33-37-41-45-56-50(55)44-40-36-32-28-24-19-16-14-12-10-8-6-4-2/h14,16,25,29,47-48,52-53H,3-13,15,17-24,26-28,30-46H2,1-2H3,(H,51,54)/b16-14-,29-25-. The fourth-order valence-corrected chi connectivity index (χ4v) is 7.39. The van der Waals surface area contributed by atoms with Gasteiger partial charge in [-0.05, 0) is 77.0 Å². The van der Waals surface area contributed by atoms with Gasteiger partial charge in [0.05, 0.1) is 25.4 Å². The maximum Gasteiger partial charge on any atom is 0.305 e. The lowest BCUT2D eigenvalue weighted by atomic mass is 10.0. The third-order valence-corrected chi connectivity index (χ3v) is 11.2. The lowest BCUT2D eigenvalue weighted by molar-refractivity contribution is -0.143. The summed E-state index contributed by atoms with van der Waals surface area (Å²) in [5.41, 5.74) is 0. The molecule has 1 amide bonds. The highest BCUT2D eigenvalue weighted by atomic mass is 16.5. The van der Waals surface area contributed by atoms with Crippen LogP contribution in [0.3, 0.4) is 0 Å². The molecule has 0 bridgehead atoms. The van der Waals surface area contributed by atoms with Gasteiger partial charge in [0.2, 0.25) is 5.91 Å². The third kappa shape index (κ3) is 42.0. The molecule has 0 saturated carbocycles. The largest absolute Gasteiger partial charge is 0.466 e. The number of hydrogen-bond donors (Lipinski definition) is 3. The van der Waals surface area contributed by atoms with Crippen molar-refractivity contribution in [2.24, 2.45) is 0 Å². The first-order chi connectivity index (χ1) is 27.5. The van der Waals surface area contributed by atoms with Gasteiger partial charge in [-0.3, -0.25) is 9.59 Å². The molecule has 330 valence electrons. The molecule has 6 heteroatoms. The second kappa shape index (κ2) is 46.0. The van der Waals surface area contributed by atoms with Crippen LogP contribution in [0.4, 0.5) is 0 Å². The Bertz CT molecular complexity index is 874. The van der Waals surface area contributed by atoms with Gasteiger partial charge in [0.15, 0.2) is 0 Å². The minimum Gasteiger partial charge on any atom is -0.466 e. The molecule has 0 aromatic heterocycles. The normalized spacial score (nSPS) is 12.9. The van der Waals surface area contributed by atoms with Crippen molar-refractivity contribution in [2.45, 2.75) is 270 Å². The average molecular weight is 790 g/mol. The Labute approximate surface area is 348 Å². The van der Waals surface area contributed by atoms with Gasteiger partial charge in [0.1, 0.15) is 0 Å². The van der Waals surface area contributed by atoms with Gasteiger partial charge in [-0.15, -0.1) is 0 Å². The number of aliphatic hydroxyl groups is 2. The van der Waals surface area contributed by atoms with Crippen molar-refractivity contribution in [3.05, 3.63) is 24.3 Å². The molecule has 0 rings (SSSR count). The number of hydrogen-bond acceptors (Lipinski definition) is 5. The maximum absolute atomic E-state index is 12.4. The number of nitrogens with one attached hydrogen (secondary N) is 1. The number of unbranched alkanes of at least 4 members (excludes halogenated alkanes) is 30. The van der Waals surface area contributed by atoms with E-state index >= 15 is 0 Å². The van der Waals surface area contributed by atoms with Gasteiger partial charge in [-0.2, -0.15) is 0 Å². The Balaban J connectivity index is 3.53. The van der Waals surface area contributed by atoms with Crippen molar-refractivity contribution < 1.29 is 24.5 Å². The van der Waals surface area contributed by atoms with Crippen molar-refractivity contribution >= 4 is 11.9 Å². The van der Waals surface area contributed by atoms with Crippen LogP contribution in [0.2, 0.25) is 0 Å². The highest BCUT2D eigenvalue weighted by Crippen LogP contribution is 2.16. The first-order valence-electron chi connectivity index (χ1n) is 24.6. The second-order valence-electron chi connectivity index (χ2n) is 16.8. The predicted octanol–water partition coefficient (Wildman–Crippen LogP) is 14.3. The molecule has 6 nitrogen and oxygen atoms in total. The summed E-state index contributed by atoms with van der Waals surface area (Å²) >= 11 is 0. The van der Waals surface area contributed by atoms with E-state index < -0.39 is 12.1 Å². The third-order valence-electron chi connectivity index (χ3n) is 11.2. The van der Waals surface area contributed by atoms with Crippen LogP contribution in [0, 0.1) is 0 Å². The van der Waals surface area contributed by atoms with Gasteiger partial charge < -0.3 is 20.3 Å². The summed E-state index contributed by atoms with van der Waals surface area (Å²) in [6.07, 6.45) is 52.8. The molecular weight excluding hydrogens is 695 g/mol. The molecule has 3 N–H and O–H groups in total. The van der Waals surface area contributed by atoms with Crippen LogP contribution in [0.25, 0.3) is 0 Å². The number of rotatable bonds is 45. The molecule has 0 saturated heterocycles. The molecule has 0 aliphatic carbocycles. The number of carbonyl (C=O) groups excluding carboxylic acids is 2. The monoisotopic (exact) mass is 790 g/mol. The van der Waals surface area contributed by atoms with Crippen LogP contribution in [-0.2, 0) is 14.3 Å². The zero-order valence-electron chi connectivity index (χ0n) is 37.4. The lowest BCUT2D eigenvalue weighted by Crippen LogP contribution is -2.45. The van der Waals surface area contributed by atoms with E-state index in [9.17, 15) is 19.8 Å². The molecule has 0 aliphatic rings. The van der Waals surface area contributed by atoms with Crippen molar-refractivity contribution in [1.29, 1.82) is 0 Å². The van der Waals surface area contributed by atoms with E-state index in [1.54, 1.807) is 0 Å². The minimum absolute atomic E-state index is 0.0407. The molecule has 56 heavy (non-hydrogen) atoms. The second-order valence-corrected chi connectivity index (χ2v) is 16.8. The molecule has 0 aromatic rings. The quantitative estimate of drug-likeness (QED) is 0.0324. The predicted molar refractivity (Wildman–Crippen MR) is 241 cm³/mol. The van der Waals surface area contributed by atoms with Crippen LogP contribution >= 0.6 is 0 Å². The first kappa shape index (κ1) is 54.3. The Kier molecular flexibility index (Phi) is 44.7. The maximum atomic E-state index is 12.4. The fraction of sp³-hybridized carbons (Fsp3) is 0.880. The van der Waals surface area contributed by atoms with E-state index in [2.05, 4.69) is 43.5 Å². The Morgan fingerprint density at radius 1 is 0.482 bits per heavy atom. The van der Waals surface area contributed by atoms with E-state index in [1.807, 2.05) is 0 Å². The Hall–Kier alpha value is -1.66. The van der Waals surface area contributed by atoms with Crippen LogP contribution in [0.1, 0.15) is 258 Å². The SMILES string of the molecule is CCCCCC/C=C\CCCCCCCC(=O)OCCCC/C=C\CCCCCCCC(=O)NC(CO)C(O)CCCCCCCCCCCCCCCCC. The lowest BCUT2D eigenvalue weighted by Gasteiger charge is -2.22. The van der Waals surface area contributed by atoms with E-state index in [-0.39, 0.29) is 18.5 Å². The smallest absolute Gasteiger partial charge is 0.305 e. The van der Waals surface area contributed by atoms with Gasteiger partial charge >= 0.3 is 5.97 Å². The first-order valence-corrected chi connectivity index (χ1v) is 24.6. The molecule has 2 unspecified atom stereocenters. The summed E-state index contributed by atoms with van der Waals surface area (Å²) < 4.78 is 5.42. The summed E-state index contributed by atoms with van der Waals surface area (Å²) in [4.78, 5) is 24.4. The highest BCUT2D eigenvalue weighted by molar-refractivity contribution is 5.76. The summed E-state index contributed by atoms with van der Waals surface area (Å²) in [7, 11) is 0. The highest BCUT2D eigenvalue weighted by Gasteiger charge is 2.20. The van der Waals surface area contributed by atoms with Gasteiger partial charge in [0.25, 0.3) is 0 Å². The van der Waals surface area contributed by atoms with Gasteiger partial charge in [-0.25, -0.2) is 0 Å². The number of amides is 1. The molecule has 0 radical (unpaired) electrons. The van der Waals surface area contributed by atoms with Crippen molar-refractivity contribution in [1.82, 2.24) is 5.32 Å². The zero-order valence-corrected chi connectivity index (χ0v) is 37.4. The minimum atomic E-state index is -0.682. The number of allylic oxidation sites excluding steroid dienone is 4. The molecule has 0 fully saturated rings. The molecular formula is C50H95NO5. The summed E-state index contributed by atoms with van der Waals surface area (Å²) in [6, 6.07) is -0.562. The Morgan fingerprint density at radius 2 is 0.839 bits per heavy atom. The topological polar surface area (TPSA) is 95.9 Å². The molecule has 2 atom stereocenters. The summed E-state index contributed by atoms with van der Waals surface area (Å²) in [6.45, 7) is 4.85. The van der Waals surface area contributed by atoms with Crippen molar-refractivity contribution in [2.75, 3.05) is 13.2 Å². The number of aliphatic hydroxyl groups excluding tert-OH is 2. The molecule has 0 heterocycles. The number of esters is 1. The summed E-state index contributed by atoms with van der Waals surface area (Å²) in [5.74, 6) is -0.105. The summed E-state index contributed by atoms with van der Waals surface area (Å²) in [5, 5.41) is 23.2. The van der Waals surface area contributed by atoms with E-state index in [4.69, 9.17) is 4.74 Å². The average Bonchev–Trinajstić information content (AvgIpc) is 3.20. The van der Waals surface area contributed by atoms with Crippen LogP contribution < -0.4 is 5.32 Å². The molecule has 0 spiro atoms. The van der Waals surface area contributed by atoms with Gasteiger partial charge in [0, 0.05) is 12.8 Å². The van der Waals surface area contributed by atoms with Crippen molar-refractivity contribution in [3.63, 3.8) is 0 Å². The van der Waals surface area contributed by atoms with Crippen LogP contribution in [0.15, 0.2) is 24.3 Å². The van der Waals surface area contributed by atoms with Crippen LogP contribution in [0.5, 0.6) is 0 Å². The van der Waals surface area contributed by atoms with E-state index in [0.29, 0.717) is 25.9 Å². The zero-order chi connectivity index (χ0) is 40.8. The van der Waals surface area contributed by atoms with E-state index in [1.165, 1.54) is 141 Å².